The topological polar surface area (TPSA) is 110 Å². The van der Waals surface area contributed by atoms with Crippen LogP contribution in [-0.2, 0) is 10.0 Å². The molecular formula is C19H17FN2O5S. The average molecular weight is 404 g/mol. The average Bonchev–Trinajstić information content (AvgIpc) is 3.08. The molecule has 0 radical (unpaired) electrons. The van der Waals surface area contributed by atoms with E-state index in [1.807, 2.05) is 6.92 Å². The highest BCUT2D eigenvalue weighted by molar-refractivity contribution is 7.89. The predicted octanol–water partition coefficient (Wildman–Crippen LogP) is 3.53. The third-order valence-corrected chi connectivity index (χ3v) is 5.69. The molecule has 0 aliphatic rings. The molecule has 0 bridgehead atoms. The molecule has 1 atom stereocenters. The number of carboxylic acid groups (broad SMARTS) is 1. The molecule has 0 aliphatic heterocycles. The van der Waals surface area contributed by atoms with E-state index in [4.69, 9.17) is 4.52 Å². The van der Waals surface area contributed by atoms with Gasteiger partial charge in [-0.15, -0.1) is 0 Å². The number of aryl methyl sites for hydroxylation is 1. The summed E-state index contributed by atoms with van der Waals surface area (Å²) < 4.78 is 45.9. The van der Waals surface area contributed by atoms with Crippen molar-refractivity contribution in [3.63, 3.8) is 0 Å². The lowest BCUT2D eigenvalue weighted by molar-refractivity contribution is 0.0649. The van der Waals surface area contributed by atoms with Crippen molar-refractivity contribution in [1.29, 1.82) is 0 Å². The van der Waals surface area contributed by atoms with Crippen LogP contribution in [0, 0.1) is 12.7 Å². The highest BCUT2D eigenvalue weighted by Crippen LogP contribution is 2.31. The highest BCUT2D eigenvalue weighted by Gasteiger charge is 2.30. The third-order valence-electron chi connectivity index (χ3n) is 4.14. The Kier molecular flexibility index (Phi) is 5.30. The van der Waals surface area contributed by atoms with Gasteiger partial charge in [-0.25, -0.2) is 22.3 Å². The smallest absolute Gasteiger partial charge is 0.375 e. The van der Waals surface area contributed by atoms with Crippen molar-refractivity contribution in [3.8, 4) is 11.3 Å². The van der Waals surface area contributed by atoms with E-state index in [1.165, 1.54) is 43.3 Å². The van der Waals surface area contributed by atoms with E-state index in [1.54, 1.807) is 12.1 Å². The number of aromatic nitrogens is 1. The van der Waals surface area contributed by atoms with Crippen molar-refractivity contribution in [2.45, 2.75) is 24.8 Å². The van der Waals surface area contributed by atoms with Gasteiger partial charge < -0.3 is 9.63 Å². The van der Waals surface area contributed by atoms with E-state index < -0.39 is 33.6 Å². The number of aromatic carboxylic acids is 1. The van der Waals surface area contributed by atoms with Crippen LogP contribution in [0.5, 0.6) is 0 Å². The Morgan fingerprint density at radius 1 is 1.14 bits per heavy atom. The standard InChI is InChI=1S/C19H17FN2O5S/c1-11-3-9-15(10-4-11)28(25,26)22-12(2)16-17(21-27-18(16)19(23)24)13-5-7-14(20)8-6-13/h3-10,12,22H,1-2H3,(H,23,24)/t12-/m1/s1. The maximum absolute atomic E-state index is 13.2. The molecule has 0 amide bonds. The van der Waals surface area contributed by atoms with Gasteiger partial charge in [0, 0.05) is 5.56 Å². The molecule has 28 heavy (non-hydrogen) atoms. The molecule has 0 spiro atoms. The van der Waals surface area contributed by atoms with Crippen molar-refractivity contribution < 1.29 is 27.2 Å². The molecule has 0 saturated heterocycles. The van der Waals surface area contributed by atoms with Crippen LogP contribution in [0.2, 0.25) is 0 Å². The monoisotopic (exact) mass is 404 g/mol. The molecular weight excluding hydrogens is 387 g/mol. The van der Waals surface area contributed by atoms with Gasteiger partial charge in [0.25, 0.3) is 0 Å². The number of sulfonamides is 1. The Morgan fingerprint density at radius 3 is 2.32 bits per heavy atom. The molecule has 2 aromatic carbocycles. The largest absolute Gasteiger partial charge is 0.475 e. The summed E-state index contributed by atoms with van der Waals surface area (Å²) in [6.45, 7) is 3.31. The van der Waals surface area contributed by atoms with Crippen molar-refractivity contribution in [3.05, 3.63) is 71.2 Å². The van der Waals surface area contributed by atoms with Gasteiger partial charge in [-0.2, -0.15) is 0 Å². The SMILES string of the molecule is Cc1ccc(S(=O)(=O)N[C@H](C)c2c(-c3ccc(F)cc3)noc2C(=O)O)cc1. The maximum atomic E-state index is 13.2. The molecule has 1 heterocycles. The van der Waals surface area contributed by atoms with Crippen LogP contribution < -0.4 is 4.72 Å². The molecule has 0 fully saturated rings. The van der Waals surface area contributed by atoms with Gasteiger partial charge in [-0.05, 0) is 50.2 Å². The molecule has 0 saturated carbocycles. The highest BCUT2D eigenvalue weighted by atomic mass is 32.2. The minimum absolute atomic E-state index is 0.0432. The first kappa shape index (κ1) is 19.7. The van der Waals surface area contributed by atoms with Crippen LogP contribution in [-0.4, -0.2) is 24.7 Å². The van der Waals surface area contributed by atoms with Gasteiger partial charge in [0.05, 0.1) is 16.5 Å². The Bertz CT molecular complexity index is 1110. The van der Waals surface area contributed by atoms with Gasteiger partial charge in [-0.1, -0.05) is 22.9 Å². The first-order chi connectivity index (χ1) is 13.2. The van der Waals surface area contributed by atoms with Crippen molar-refractivity contribution in [2.24, 2.45) is 0 Å². The van der Waals surface area contributed by atoms with Crippen LogP contribution >= 0.6 is 0 Å². The van der Waals surface area contributed by atoms with Crippen LogP contribution in [0.3, 0.4) is 0 Å². The van der Waals surface area contributed by atoms with E-state index in [0.29, 0.717) is 5.56 Å². The summed E-state index contributed by atoms with van der Waals surface area (Å²) in [5, 5.41) is 13.2. The van der Waals surface area contributed by atoms with Crippen LogP contribution in [0.15, 0.2) is 57.9 Å². The Labute approximate surface area is 160 Å². The first-order valence-corrected chi connectivity index (χ1v) is 9.75. The fraction of sp³-hybridized carbons (Fsp3) is 0.158. The molecule has 146 valence electrons. The number of carbonyl (C=O) groups is 1. The summed E-state index contributed by atoms with van der Waals surface area (Å²) in [6, 6.07) is 10.5. The number of hydrogen-bond acceptors (Lipinski definition) is 5. The Morgan fingerprint density at radius 2 is 1.75 bits per heavy atom. The fourth-order valence-electron chi connectivity index (χ4n) is 2.75. The molecule has 0 unspecified atom stereocenters. The zero-order valence-corrected chi connectivity index (χ0v) is 15.8. The molecule has 7 nitrogen and oxygen atoms in total. The van der Waals surface area contributed by atoms with Crippen molar-refractivity contribution >= 4 is 16.0 Å². The predicted molar refractivity (Wildman–Crippen MR) is 98.8 cm³/mol. The van der Waals surface area contributed by atoms with Crippen LogP contribution in [0.25, 0.3) is 11.3 Å². The zero-order valence-electron chi connectivity index (χ0n) is 15.0. The number of nitrogens with zero attached hydrogens (tertiary/aromatic N) is 1. The number of hydrogen-bond donors (Lipinski definition) is 2. The molecule has 3 aromatic rings. The fourth-order valence-corrected chi connectivity index (χ4v) is 3.96. The van der Waals surface area contributed by atoms with Gasteiger partial charge in [0.1, 0.15) is 11.5 Å². The number of halogens is 1. The number of benzene rings is 2. The van der Waals surface area contributed by atoms with Crippen LogP contribution in [0.4, 0.5) is 4.39 Å². The summed E-state index contributed by atoms with van der Waals surface area (Å²) in [6.07, 6.45) is 0. The minimum atomic E-state index is -3.92. The maximum Gasteiger partial charge on any atom is 0.375 e. The summed E-state index contributed by atoms with van der Waals surface area (Å²) >= 11 is 0. The Hall–Kier alpha value is -3.04. The molecule has 9 heteroatoms. The minimum Gasteiger partial charge on any atom is -0.475 e. The van der Waals surface area contributed by atoms with Gasteiger partial charge >= 0.3 is 5.97 Å². The second-order valence-corrected chi connectivity index (χ2v) is 7.96. The van der Waals surface area contributed by atoms with E-state index in [-0.39, 0.29) is 16.2 Å². The number of rotatable bonds is 6. The number of carboxylic acids is 1. The molecule has 1 aromatic heterocycles. The van der Waals surface area contributed by atoms with Crippen molar-refractivity contribution in [1.82, 2.24) is 9.88 Å². The van der Waals surface area contributed by atoms with E-state index in [0.717, 1.165) is 5.56 Å². The van der Waals surface area contributed by atoms with Crippen LogP contribution in [0.1, 0.15) is 34.6 Å². The summed E-state index contributed by atoms with van der Waals surface area (Å²) in [7, 11) is -3.92. The Balaban J connectivity index is 2.01. The van der Waals surface area contributed by atoms with Gasteiger partial charge in [-0.3, -0.25) is 0 Å². The number of nitrogens with one attached hydrogen (secondary N) is 1. The lowest BCUT2D eigenvalue weighted by Crippen LogP contribution is -2.28. The lowest BCUT2D eigenvalue weighted by Gasteiger charge is -2.15. The molecule has 0 aliphatic carbocycles. The third kappa shape index (κ3) is 3.95. The summed E-state index contributed by atoms with van der Waals surface area (Å²) in [5.41, 5.74) is 1.47. The molecule has 2 N–H and O–H groups in total. The normalized spacial score (nSPS) is 12.7. The van der Waals surface area contributed by atoms with E-state index in [9.17, 15) is 22.7 Å². The van der Waals surface area contributed by atoms with Gasteiger partial charge in [0.2, 0.25) is 15.8 Å². The zero-order chi connectivity index (χ0) is 20.5. The summed E-state index contributed by atoms with van der Waals surface area (Å²) in [4.78, 5) is 11.6. The quantitative estimate of drug-likeness (QED) is 0.650. The van der Waals surface area contributed by atoms with E-state index in [2.05, 4.69) is 9.88 Å². The lowest BCUT2D eigenvalue weighted by atomic mass is 10.0. The summed E-state index contributed by atoms with van der Waals surface area (Å²) in [5.74, 6) is -2.35. The molecule has 3 rings (SSSR count). The second kappa shape index (κ2) is 7.53. The van der Waals surface area contributed by atoms with E-state index >= 15 is 0 Å². The van der Waals surface area contributed by atoms with Crippen molar-refractivity contribution in [2.75, 3.05) is 0 Å². The van der Waals surface area contributed by atoms with Gasteiger partial charge in [0.15, 0.2) is 0 Å². The first-order valence-electron chi connectivity index (χ1n) is 8.27. The second-order valence-electron chi connectivity index (χ2n) is 6.24.